The van der Waals surface area contributed by atoms with Crippen molar-refractivity contribution < 1.29 is 17.9 Å². The summed E-state index contributed by atoms with van der Waals surface area (Å²) in [6.45, 7) is 0.223. The highest BCUT2D eigenvalue weighted by Gasteiger charge is 2.17. The Morgan fingerprint density at radius 1 is 1.22 bits per heavy atom. The molecule has 0 saturated carbocycles. The molecule has 27 heavy (non-hydrogen) atoms. The zero-order chi connectivity index (χ0) is 19.9. The van der Waals surface area contributed by atoms with E-state index in [-0.39, 0.29) is 25.4 Å². The summed E-state index contributed by atoms with van der Waals surface area (Å²) in [4.78, 5) is 12.1. The molecule has 0 aliphatic heterocycles. The Bertz CT molecular complexity index is 934. The van der Waals surface area contributed by atoms with E-state index in [1.807, 2.05) is 6.07 Å². The van der Waals surface area contributed by atoms with Crippen LogP contribution in [0.3, 0.4) is 0 Å². The van der Waals surface area contributed by atoms with E-state index in [4.69, 9.17) is 10.00 Å². The Morgan fingerprint density at radius 3 is 2.52 bits per heavy atom. The molecule has 1 N–H and O–H groups in total. The maximum Gasteiger partial charge on any atom is 0.232 e. The molecule has 0 fully saturated rings. The summed E-state index contributed by atoms with van der Waals surface area (Å²) >= 11 is 0. The topological polar surface area (TPSA) is 99.5 Å². The number of carbonyl (C=O) groups excluding carboxylic acids is 1. The highest BCUT2D eigenvalue weighted by Crippen LogP contribution is 2.18. The first kappa shape index (κ1) is 20.3. The van der Waals surface area contributed by atoms with Crippen LogP contribution in [-0.4, -0.2) is 40.8 Å². The third-order valence-electron chi connectivity index (χ3n) is 3.82. The van der Waals surface area contributed by atoms with Gasteiger partial charge in [-0.2, -0.15) is 5.26 Å². The second-order valence-electron chi connectivity index (χ2n) is 5.87. The van der Waals surface area contributed by atoms with Crippen LogP contribution in [0.25, 0.3) is 0 Å². The van der Waals surface area contributed by atoms with Crippen LogP contribution in [0.15, 0.2) is 48.5 Å². The average molecular weight is 387 g/mol. The van der Waals surface area contributed by atoms with E-state index in [2.05, 4.69) is 5.32 Å². The second kappa shape index (κ2) is 9.05. The van der Waals surface area contributed by atoms with Crippen LogP contribution in [0.5, 0.6) is 5.75 Å². The quantitative estimate of drug-likeness (QED) is 0.743. The molecule has 2 rings (SSSR count). The molecule has 2 aromatic rings. The number of carbonyl (C=O) groups is 1. The van der Waals surface area contributed by atoms with Crippen LogP contribution >= 0.6 is 0 Å². The lowest BCUT2D eigenvalue weighted by molar-refractivity contribution is -0.120. The molecular weight excluding hydrogens is 366 g/mol. The van der Waals surface area contributed by atoms with Gasteiger partial charge in [-0.3, -0.25) is 9.10 Å². The summed E-state index contributed by atoms with van der Waals surface area (Å²) in [5, 5.41) is 11.7. The predicted octanol–water partition coefficient (Wildman–Crippen LogP) is 1.69. The molecule has 0 aliphatic rings. The summed E-state index contributed by atoms with van der Waals surface area (Å²) in [5.74, 6) is 0.502. The van der Waals surface area contributed by atoms with Gasteiger partial charge in [0.15, 0.2) is 0 Å². The fourth-order valence-corrected chi connectivity index (χ4v) is 3.42. The molecule has 0 aromatic heterocycles. The Hall–Kier alpha value is -3.05. The lowest BCUT2D eigenvalue weighted by atomic mass is 10.1. The fourth-order valence-electron chi connectivity index (χ4n) is 2.51. The van der Waals surface area contributed by atoms with Crippen molar-refractivity contribution in [1.82, 2.24) is 5.32 Å². The van der Waals surface area contributed by atoms with Crippen molar-refractivity contribution in [3.63, 3.8) is 0 Å². The summed E-state index contributed by atoms with van der Waals surface area (Å²) < 4.78 is 30.4. The molecule has 0 spiro atoms. The standard InChI is InChI=1S/C19H21N3O4S/c1-26-18-8-6-15(7-9-18)13-19(23)21-10-11-22(27(2,24)25)17-5-3-4-16(12-17)14-20/h3-9,12H,10-11,13H2,1-2H3,(H,21,23). The van der Waals surface area contributed by atoms with Gasteiger partial charge in [-0.1, -0.05) is 18.2 Å². The smallest absolute Gasteiger partial charge is 0.232 e. The number of ether oxygens (including phenoxy) is 1. The van der Waals surface area contributed by atoms with Crippen LogP contribution in [0.4, 0.5) is 5.69 Å². The number of nitriles is 1. The molecule has 8 heteroatoms. The van der Waals surface area contributed by atoms with Crippen molar-refractivity contribution in [2.45, 2.75) is 6.42 Å². The van der Waals surface area contributed by atoms with Gasteiger partial charge < -0.3 is 10.1 Å². The van der Waals surface area contributed by atoms with Gasteiger partial charge in [0, 0.05) is 6.54 Å². The minimum Gasteiger partial charge on any atom is -0.497 e. The SMILES string of the molecule is COc1ccc(CC(=O)NCCN(c2cccc(C#N)c2)S(C)(=O)=O)cc1. The van der Waals surface area contributed by atoms with Crippen LogP contribution in [-0.2, 0) is 21.2 Å². The number of hydrogen-bond acceptors (Lipinski definition) is 5. The average Bonchev–Trinajstić information content (AvgIpc) is 2.65. The number of sulfonamides is 1. The van der Waals surface area contributed by atoms with E-state index in [0.717, 1.165) is 11.8 Å². The van der Waals surface area contributed by atoms with E-state index < -0.39 is 10.0 Å². The Morgan fingerprint density at radius 2 is 1.93 bits per heavy atom. The summed E-state index contributed by atoms with van der Waals surface area (Å²) in [7, 11) is -1.98. The van der Waals surface area contributed by atoms with E-state index in [1.54, 1.807) is 49.6 Å². The normalized spacial score (nSPS) is 10.7. The monoisotopic (exact) mass is 387 g/mol. The van der Waals surface area contributed by atoms with Crippen LogP contribution in [0.1, 0.15) is 11.1 Å². The number of benzene rings is 2. The highest BCUT2D eigenvalue weighted by atomic mass is 32.2. The number of rotatable bonds is 8. The van der Waals surface area contributed by atoms with Gasteiger partial charge in [0.05, 0.1) is 43.7 Å². The molecule has 7 nitrogen and oxygen atoms in total. The van der Waals surface area contributed by atoms with Gasteiger partial charge >= 0.3 is 0 Å². The van der Waals surface area contributed by atoms with Gasteiger partial charge in [0.1, 0.15) is 5.75 Å². The van der Waals surface area contributed by atoms with E-state index in [9.17, 15) is 13.2 Å². The zero-order valence-corrected chi connectivity index (χ0v) is 16.0. The Kier molecular flexibility index (Phi) is 6.79. The first-order valence-electron chi connectivity index (χ1n) is 8.21. The number of methoxy groups -OCH3 is 1. The maximum absolute atomic E-state index is 12.1. The number of amides is 1. The van der Waals surface area contributed by atoms with Gasteiger partial charge in [-0.05, 0) is 35.9 Å². The van der Waals surface area contributed by atoms with Crippen molar-refractivity contribution in [3.05, 3.63) is 59.7 Å². The highest BCUT2D eigenvalue weighted by molar-refractivity contribution is 7.92. The van der Waals surface area contributed by atoms with E-state index in [1.165, 1.54) is 10.4 Å². The van der Waals surface area contributed by atoms with Gasteiger partial charge in [-0.25, -0.2) is 8.42 Å². The molecule has 142 valence electrons. The van der Waals surface area contributed by atoms with Crippen LogP contribution < -0.4 is 14.4 Å². The first-order valence-corrected chi connectivity index (χ1v) is 10.1. The zero-order valence-electron chi connectivity index (χ0n) is 15.2. The molecule has 0 unspecified atom stereocenters. The largest absolute Gasteiger partial charge is 0.497 e. The van der Waals surface area contributed by atoms with Crippen molar-refractivity contribution >= 4 is 21.6 Å². The van der Waals surface area contributed by atoms with Crippen LogP contribution in [0, 0.1) is 11.3 Å². The van der Waals surface area contributed by atoms with Crippen LogP contribution in [0.2, 0.25) is 0 Å². The molecule has 1 amide bonds. The number of nitrogens with zero attached hydrogens (tertiary/aromatic N) is 2. The molecule has 0 atom stereocenters. The lowest BCUT2D eigenvalue weighted by Gasteiger charge is -2.22. The van der Waals surface area contributed by atoms with E-state index in [0.29, 0.717) is 17.0 Å². The van der Waals surface area contributed by atoms with Gasteiger partial charge in [0.2, 0.25) is 15.9 Å². The molecule has 2 aromatic carbocycles. The minimum atomic E-state index is -3.55. The van der Waals surface area contributed by atoms with Crippen molar-refractivity contribution in [1.29, 1.82) is 5.26 Å². The molecule has 0 heterocycles. The molecular formula is C19H21N3O4S. The van der Waals surface area contributed by atoms with E-state index >= 15 is 0 Å². The lowest BCUT2D eigenvalue weighted by Crippen LogP contribution is -2.38. The number of hydrogen-bond donors (Lipinski definition) is 1. The van der Waals surface area contributed by atoms with Crippen molar-refractivity contribution in [3.8, 4) is 11.8 Å². The molecule has 0 radical (unpaired) electrons. The summed E-state index contributed by atoms with van der Waals surface area (Å²) in [5.41, 5.74) is 1.58. The van der Waals surface area contributed by atoms with Gasteiger partial charge in [-0.15, -0.1) is 0 Å². The van der Waals surface area contributed by atoms with Gasteiger partial charge in [0.25, 0.3) is 0 Å². The Labute approximate surface area is 159 Å². The third kappa shape index (κ3) is 6.01. The van der Waals surface area contributed by atoms with Crippen molar-refractivity contribution in [2.75, 3.05) is 30.8 Å². The molecule has 0 saturated heterocycles. The fraction of sp³-hybridized carbons (Fsp3) is 0.263. The van der Waals surface area contributed by atoms with Crippen molar-refractivity contribution in [2.24, 2.45) is 0 Å². The molecule has 0 aliphatic carbocycles. The number of nitrogens with one attached hydrogen (secondary N) is 1. The third-order valence-corrected chi connectivity index (χ3v) is 5.02. The first-order chi connectivity index (χ1) is 12.8. The number of anilines is 1. The maximum atomic E-state index is 12.1. The Balaban J connectivity index is 1.96. The summed E-state index contributed by atoms with van der Waals surface area (Å²) in [6, 6.07) is 15.5. The second-order valence-corrected chi connectivity index (χ2v) is 7.78. The summed E-state index contributed by atoms with van der Waals surface area (Å²) in [6.07, 6.45) is 1.28. The molecule has 0 bridgehead atoms. The minimum absolute atomic E-state index is 0.0715. The predicted molar refractivity (Wildman–Crippen MR) is 103 cm³/mol.